The summed E-state index contributed by atoms with van der Waals surface area (Å²) in [6.45, 7) is 0.659. The Balaban J connectivity index is 2.03. The third-order valence-corrected chi connectivity index (χ3v) is 3.48. The first-order valence-corrected chi connectivity index (χ1v) is 6.11. The quantitative estimate of drug-likeness (QED) is 0.864. The average molecular weight is 246 g/mol. The third kappa shape index (κ3) is 1.92. The van der Waals surface area contributed by atoms with Crippen molar-refractivity contribution in [2.24, 2.45) is 5.92 Å². The van der Waals surface area contributed by atoms with E-state index in [4.69, 9.17) is 5.11 Å². The van der Waals surface area contributed by atoms with Crippen molar-refractivity contribution in [1.29, 1.82) is 0 Å². The maximum Gasteiger partial charge on any atom is 0.335 e. The van der Waals surface area contributed by atoms with Gasteiger partial charge in [0.05, 0.1) is 16.6 Å². The lowest BCUT2D eigenvalue weighted by atomic mass is 10.2. The number of aromatic amines is 1. The highest BCUT2D eigenvalue weighted by Gasteiger charge is 2.21. The molecule has 2 N–H and O–H groups in total. The molecule has 3 rings (SSSR count). The van der Waals surface area contributed by atoms with Gasteiger partial charge in [-0.3, -0.25) is 4.57 Å². The van der Waals surface area contributed by atoms with Crippen LogP contribution in [0.2, 0.25) is 0 Å². The topological polar surface area (TPSA) is 75.1 Å². The van der Waals surface area contributed by atoms with Gasteiger partial charge in [0.25, 0.3) is 0 Å². The van der Waals surface area contributed by atoms with Crippen LogP contribution in [0.4, 0.5) is 0 Å². The van der Waals surface area contributed by atoms with Gasteiger partial charge in [-0.25, -0.2) is 9.59 Å². The second-order valence-corrected chi connectivity index (χ2v) is 4.85. The van der Waals surface area contributed by atoms with Crippen LogP contribution >= 0.6 is 0 Å². The average Bonchev–Trinajstić information content (AvgIpc) is 3.10. The van der Waals surface area contributed by atoms with E-state index in [1.165, 1.54) is 18.9 Å². The lowest BCUT2D eigenvalue weighted by Crippen LogP contribution is -2.17. The molecule has 0 unspecified atom stereocenters. The number of nitrogens with one attached hydrogen (secondary N) is 1. The van der Waals surface area contributed by atoms with Gasteiger partial charge in [-0.2, -0.15) is 0 Å². The molecular weight excluding hydrogens is 232 g/mol. The van der Waals surface area contributed by atoms with Crippen LogP contribution in [-0.4, -0.2) is 20.6 Å². The lowest BCUT2D eigenvalue weighted by molar-refractivity contribution is 0.0697. The van der Waals surface area contributed by atoms with E-state index in [0.717, 1.165) is 12.3 Å². The van der Waals surface area contributed by atoms with Gasteiger partial charge in [-0.05, 0) is 30.5 Å². The van der Waals surface area contributed by atoms with Gasteiger partial charge in [0.15, 0.2) is 0 Å². The van der Waals surface area contributed by atoms with Crippen molar-refractivity contribution in [3.63, 3.8) is 0 Å². The molecule has 0 atom stereocenters. The first kappa shape index (κ1) is 11.1. The summed E-state index contributed by atoms with van der Waals surface area (Å²) in [4.78, 5) is 25.5. The molecule has 1 aromatic carbocycles. The number of aromatic nitrogens is 2. The highest BCUT2D eigenvalue weighted by Crippen LogP contribution is 2.32. The van der Waals surface area contributed by atoms with E-state index in [0.29, 0.717) is 17.6 Å². The molecule has 0 spiro atoms. The minimum Gasteiger partial charge on any atom is -0.478 e. The number of imidazole rings is 1. The first-order chi connectivity index (χ1) is 8.65. The zero-order valence-electron chi connectivity index (χ0n) is 9.85. The number of nitrogens with zero attached hydrogens (tertiary/aromatic N) is 1. The molecule has 5 nitrogen and oxygen atoms in total. The standard InChI is InChI=1S/C13H14N2O3/c16-12(17)9-3-4-10-11(7-9)15(13(18)14-10)6-5-8-1-2-8/h3-4,7-8H,1-2,5-6H2,(H,14,18)(H,16,17). The van der Waals surface area contributed by atoms with Gasteiger partial charge in [-0.1, -0.05) is 12.8 Å². The van der Waals surface area contributed by atoms with Crippen LogP contribution in [-0.2, 0) is 6.54 Å². The number of aryl methyl sites for hydroxylation is 1. The van der Waals surface area contributed by atoms with Crippen molar-refractivity contribution in [1.82, 2.24) is 9.55 Å². The molecule has 1 aromatic heterocycles. The van der Waals surface area contributed by atoms with E-state index < -0.39 is 5.97 Å². The maximum atomic E-state index is 11.8. The number of carbonyl (C=O) groups is 1. The molecule has 5 heteroatoms. The summed E-state index contributed by atoms with van der Waals surface area (Å²) >= 11 is 0. The van der Waals surface area contributed by atoms with Gasteiger partial charge < -0.3 is 10.1 Å². The van der Waals surface area contributed by atoms with Gasteiger partial charge in [0.1, 0.15) is 0 Å². The summed E-state index contributed by atoms with van der Waals surface area (Å²) in [6.07, 6.45) is 3.49. The van der Waals surface area contributed by atoms with Crippen LogP contribution in [0.25, 0.3) is 11.0 Å². The fraction of sp³-hybridized carbons (Fsp3) is 0.385. The zero-order valence-corrected chi connectivity index (χ0v) is 9.85. The predicted octanol–water partition coefficient (Wildman–Crippen LogP) is 1.83. The molecule has 1 saturated carbocycles. The van der Waals surface area contributed by atoms with Crippen LogP contribution < -0.4 is 5.69 Å². The van der Waals surface area contributed by atoms with E-state index in [2.05, 4.69) is 4.98 Å². The summed E-state index contributed by atoms with van der Waals surface area (Å²) in [5.74, 6) is -0.233. The van der Waals surface area contributed by atoms with Gasteiger partial charge in [-0.15, -0.1) is 0 Å². The number of benzene rings is 1. The van der Waals surface area contributed by atoms with Crippen LogP contribution in [0.3, 0.4) is 0 Å². The molecule has 1 heterocycles. The largest absolute Gasteiger partial charge is 0.478 e. The minimum absolute atomic E-state index is 0.159. The van der Waals surface area contributed by atoms with Crippen LogP contribution in [0.15, 0.2) is 23.0 Å². The predicted molar refractivity (Wildman–Crippen MR) is 66.9 cm³/mol. The number of hydrogen-bond acceptors (Lipinski definition) is 2. The van der Waals surface area contributed by atoms with Gasteiger partial charge >= 0.3 is 11.7 Å². The number of rotatable bonds is 4. The van der Waals surface area contributed by atoms with Crippen molar-refractivity contribution < 1.29 is 9.90 Å². The van der Waals surface area contributed by atoms with Gasteiger partial charge in [0, 0.05) is 6.54 Å². The van der Waals surface area contributed by atoms with Crippen molar-refractivity contribution in [3.05, 3.63) is 34.2 Å². The molecule has 1 fully saturated rings. The number of aromatic carboxylic acids is 1. The van der Waals surface area contributed by atoms with E-state index in [-0.39, 0.29) is 11.3 Å². The molecule has 1 aliphatic rings. The summed E-state index contributed by atoms with van der Waals surface area (Å²) in [6, 6.07) is 4.71. The van der Waals surface area contributed by atoms with E-state index in [9.17, 15) is 9.59 Å². The molecule has 18 heavy (non-hydrogen) atoms. The molecule has 0 bridgehead atoms. The Morgan fingerprint density at radius 2 is 2.22 bits per heavy atom. The summed E-state index contributed by atoms with van der Waals surface area (Å²) in [5, 5.41) is 8.97. The molecule has 2 aromatic rings. The lowest BCUT2D eigenvalue weighted by Gasteiger charge is -2.02. The van der Waals surface area contributed by atoms with Crippen molar-refractivity contribution in [2.75, 3.05) is 0 Å². The minimum atomic E-state index is -0.973. The molecule has 1 aliphatic carbocycles. The molecule has 0 amide bonds. The smallest absolute Gasteiger partial charge is 0.335 e. The van der Waals surface area contributed by atoms with Crippen LogP contribution in [0.1, 0.15) is 29.6 Å². The molecule has 94 valence electrons. The Hall–Kier alpha value is -2.04. The molecular formula is C13H14N2O3. The zero-order chi connectivity index (χ0) is 12.7. The van der Waals surface area contributed by atoms with Crippen molar-refractivity contribution >= 4 is 17.0 Å². The van der Waals surface area contributed by atoms with E-state index >= 15 is 0 Å². The summed E-state index contributed by atoms with van der Waals surface area (Å²) < 4.78 is 1.64. The van der Waals surface area contributed by atoms with E-state index in [1.54, 1.807) is 16.7 Å². The Morgan fingerprint density at radius 1 is 1.44 bits per heavy atom. The first-order valence-electron chi connectivity index (χ1n) is 6.11. The highest BCUT2D eigenvalue weighted by atomic mass is 16.4. The number of hydrogen-bond donors (Lipinski definition) is 2. The normalized spacial score (nSPS) is 15.1. The van der Waals surface area contributed by atoms with E-state index in [1.807, 2.05) is 0 Å². The fourth-order valence-corrected chi connectivity index (χ4v) is 2.23. The number of carboxylic acids is 1. The number of fused-ring (bicyclic) bond motifs is 1. The van der Waals surface area contributed by atoms with Crippen LogP contribution in [0, 0.1) is 5.92 Å². The third-order valence-electron chi connectivity index (χ3n) is 3.48. The Morgan fingerprint density at radius 3 is 2.89 bits per heavy atom. The fourth-order valence-electron chi connectivity index (χ4n) is 2.23. The van der Waals surface area contributed by atoms with Crippen molar-refractivity contribution in [2.45, 2.75) is 25.8 Å². The summed E-state index contributed by atoms with van der Waals surface area (Å²) in [5.41, 5.74) is 1.43. The Labute approximate surface area is 103 Å². The monoisotopic (exact) mass is 246 g/mol. The Kier molecular flexibility index (Phi) is 2.47. The number of H-pyrrole nitrogens is 1. The van der Waals surface area contributed by atoms with Crippen LogP contribution in [0.5, 0.6) is 0 Å². The second-order valence-electron chi connectivity index (χ2n) is 4.85. The number of carboxylic acid groups (broad SMARTS) is 1. The second kappa shape index (κ2) is 4.01. The molecule has 0 radical (unpaired) electrons. The molecule has 0 aliphatic heterocycles. The van der Waals surface area contributed by atoms with Gasteiger partial charge in [0.2, 0.25) is 0 Å². The SMILES string of the molecule is O=C(O)c1ccc2[nH]c(=O)n(CCC3CC3)c2c1. The molecule has 0 saturated heterocycles. The highest BCUT2D eigenvalue weighted by molar-refractivity contribution is 5.92. The van der Waals surface area contributed by atoms with Crippen molar-refractivity contribution in [3.8, 4) is 0 Å². The summed E-state index contributed by atoms with van der Waals surface area (Å²) in [7, 11) is 0. The Bertz CT molecular complexity index is 664. The maximum absolute atomic E-state index is 11.8.